The summed E-state index contributed by atoms with van der Waals surface area (Å²) in [5.41, 5.74) is 6.77. The van der Waals surface area contributed by atoms with Gasteiger partial charge in [-0.1, -0.05) is 5.16 Å². The van der Waals surface area contributed by atoms with Crippen molar-refractivity contribution in [3.8, 4) is 11.5 Å². The SMILES string of the molecule is NCC1CNC/C1=N\OCc1cc2c(cc1[N+](=O)[O-])OCO2. The van der Waals surface area contributed by atoms with Crippen molar-refractivity contribution in [1.29, 1.82) is 0 Å². The van der Waals surface area contributed by atoms with E-state index in [1.807, 2.05) is 0 Å². The van der Waals surface area contributed by atoms with E-state index in [2.05, 4.69) is 10.5 Å². The van der Waals surface area contributed by atoms with E-state index < -0.39 is 4.92 Å². The van der Waals surface area contributed by atoms with Crippen molar-refractivity contribution in [3.05, 3.63) is 27.8 Å². The number of nitrogens with one attached hydrogen (secondary N) is 1. The topological polar surface area (TPSA) is 121 Å². The molecule has 1 atom stereocenters. The van der Waals surface area contributed by atoms with Gasteiger partial charge >= 0.3 is 0 Å². The lowest BCUT2D eigenvalue weighted by atomic mass is 10.1. The molecule has 3 rings (SSSR count). The molecule has 2 aliphatic heterocycles. The predicted molar refractivity (Wildman–Crippen MR) is 76.9 cm³/mol. The normalized spacial score (nSPS) is 21.3. The molecule has 1 aromatic rings. The Morgan fingerprint density at radius 3 is 2.95 bits per heavy atom. The molecule has 2 heterocycles. The maximum Gasteiger partial charge on any atom is 0.280 e. The van der Waals surface area contributed by atoms with Crippen LogP contribution in [0.3, 0.4) is 0 Å². The molecule has 0 radical (unpaired) electrons. The molecular weight excluding hydrogens is 292 g/mol. The van der Waals surface area contributed by atoms with Crippen LogP contribution in [0.5, 0.6) is 11.5 Å². The first kappa shape index (κ1) is 14.5. The predicted octanol–water partition coefficient (Wildman–Crippen LogP) is 0.374. The van der Waals surface area contributed by atoms with Crippen LogP contribution in [0.2, 0.25) is 0 Å². The van der Waals surface area contributed by atoms with E-state index in [9.17, 15) is 10.1 Å². The molecule has 0 bridgehead atoms. The van der Waals surface area contributed by atoms with Crippen molar-refractivity contribution < 1.29 is 19.2 Å². The van der Waals surface area contributed by atoms with Crippen LogP contribution in [0.15, 0.2) is 17.3 Å². The van der Waals surface area contributed by atoms with Gasteiger partial charge in [-0.3, -0.25) is 10.1 Å². The molecule has 1 aromatic carbocycles. The van der Waals surface area contributed by atoms with Crippen LogP contribution in [0.4, 0.5) is 5.69 Å². The van der Waals surface area contributed by atoms with Gasteiger partial charge in [-0.2, -0.15) is 0 Å². The average molecular weight is 308 g/mol. The smallest absolute Gasteiger partial charge is 0.280 e. The Kier molecular flexibility index (Phi) is 4.07. The molecule has 9 nitrogen and oxygen atoms in total. The second kappa shape index (κ2) is 6.16. The molecule has 1 fully saturated rings. The van der Waals surface area contributed by atoms with Gasteiger partial charge in [0, 0.05) is 25.6 Å². The summed E-state index contributed by atoms with van der Waals surface area (Å²) in [6, 6.07) is 2.89. The molecule has 0 aliphatic carbocycles. The molecule has 0 saturated carbocycles. The Morgan fingerprint density at radius 1 is 1.45 bits per heavy atom. The maximum atomic E-state index is 11.1. The van der Waals surface area contributed by atoms with Crippen LogP contribution in [-0.2, 0) is 11.4 Å². The third-order valence-electron chi connectivity index (χ3n) is 3.63. The quantitative estimate of drug-likeness (QED) is 0.595. The zero-order valence-corrected chi connectivity index (χ0v) is 11.8. The molecule has 0 spiro atoms. The summed E-state index contributed by atoms with van der Waals surface area (Å²) in [6.07, 6.45) is 0. The van der Waals surface area contributed by atoms with Crippen molar-refractivity contribution in [2.75, 3.05) is 26.4 Å². The summed E-state index contributed by atoms with van der Waals surface area (Å²) >= 11 is 0. The van der Waals surface area contributed by atoms with Crippen molar-refractivity contribution >= 4 is 11.4 Å². The zero-order valence-electron chi connectivity index (χ0n) is 11.8. The summed E-state index contributed by atoms with van der Waals surface area (Å²) < 4.78 is 10.4. The van der Waals surface area contributed by atoms with E-state index in [1.54, 1.807) is 6.07 Å². The Morgan fingerprint density at radius 2 is 2.23 bits per heavy atom. The molecular formula is C13H16N4O5. The molecule has 0 aromatic heterocycles. The lowest BCUT2D eigenvalue weighted by molar-refractivity contribution is -0.386. The van der Waals surface area contributed by atoms with Gasteiger partial charge in [-0.15, -0.1) is 0 Å². The van der Waals surface area contributed by atoms with Crippen LogP contribution < -0.4 is 20.5 Å². The number of benzene rings is 1. The Hall–Kier alpha value is -2.39. The third kappa shape index (κ3) is 2.81. The number of nitrogens with zero attached hydrogens (tertiary/aromatic N) is 2. The maximum absolute atomic E-state index is 11.1. The second-order valence-electron chi connectivity index (χ2n) is 5.01. The number of fused-ring (bicyclic) bond motifs is 1. The van der Waals surface area contributed by atoms with Crippen molar-refractivity contribution in [3.63, 3.8) is 0 Å². The van der Waals surface area contributed by atoms with Gasteiger partial charge in [0.1, 0.15) is 6.61 Å². The first-order valence-electron chi connectivity index (χ1n) is 6.85. The molecule has 1 unspecified atom stereocenters. The summed E-state index contributed by atoms with van der Waals surface area (Å²) in [5, 5.41) is 18.3. The average Bonchev–Trinajstić information content (AvgIpc) is 3.14. The van der Waals surface area contributed by atoms with Crippen molar-refractivity contribution in [2.45, 2.75) is 6.61 Å². The van der Waals surface area contributed by atoms with E-state index in [-0.39, 0.29) is 25.0 Å². The van der Waals surface area contributed by atoms with E-state index in [0.29, 0.717) is 30.2 Å². The van der Waals surface area contributed by atoms with E-state index in [0.717, 1.165) is 12.3 Å². The van der Waals surface area contributed by atoms with E-state index in [1.165, 1.54) is 6.07 Å². The fourth-order valence-corrected chi connectivity index (χ4v) is 2.41. The van der Waals surface area contributed by atoms with Crippen LogP contribution in [-0.4, -0.2) is 37.1 Å². The van der Waals surface area contributed by atoms with Gasteiger partial charge in [0.2, 0.25) is 6.79 Å². The molecule has 1 saturated heterocycles. The number of hydrogen-bond donors (Lipinski definition) is 2. The van der Waals surface area contributed by atoms with Crippen LogP contribution in [0.25, 0.3) is 0 Å². The Labute approximate surface area is 126 Å². The number of hydrogen-bond acceptors (Lipinski definition) is 8. The minimum atomic E-state index is -0.479. The van der Waals surface area contributed by atoms with E-state index >= 15 is 0 Å². The van der Waals surface area contributed by atoms with Gasteiger partial charge in [-0.05, 0) is 6.07 Å². The van der Waals surface area contributed by atoms with Crippen LogP contribution in [0.1, 0.15) is 5.56 Å². The van der Waals surface area contributed by atoms with Gasteiger partial charge < -0.3 is 25.4 Å². The number of oxime groups is 1. The molecule has 22 heavy (non-hydrogen) atoms. The fourth-order valence-electron chi connectivity index (χ4n) is 2.41. The highest BCUT2D eigenvalue weighted by Gasteiger charge is 2.24. The zero-order chi connectivity index (χ0) is 15.5. The fraction of sp³-hybridized carbons (Fsp3) is 0.462. The first-order valence-corrected chi connectivity index (χ1v) is 6.85. The number of ether oxygens (including phenoxy) is 2. The molecule has 2 aliphatic rings. The number of nitrogens with two attached hydrogens (primary N) is 1. The standard InChI is InChI=1S/C13H16N4O5/c14-3-9-4-15-5-10(9)16-22-6-8-1-12-13(21-7-20-12)2-11(8)17(18)19/h1-2,9,15H,3-7,14H2/b16-10+. The lowest BCUT2D eigenvalue weighted by Gasteiger charge is -2.07. The summed E-state index contributed by atoms with van der Waals surface area (Å²) in [5.74, 6) is 0.982. The molecule has 0 amide bonds. The first-order chi connectivity index (χ1) is 10.7. The molecule has 3 N–H and O–H groups in total. The summed E-state index contributed by atoms with van der Waals surface area (Å²) in [6.45, 7) is 1.91. The van der Waals surface area contributed by atoms with Gasteiger partial charge in [-0.25, -0.2) is 0 Å². The highest BCUT2D eigenvalue weighted by Crippen LogP contribution is 2.38. The van der Waals surface area contributed by atoms with Gasteiger partial charge in [0.15, 0.2) is 11.5 Å². The number of nitro groups is 1. The summed E-state index contributed by atoms with van der Waals surface area (Å²) in [4.78, 5) is 15.9. The number of rotatable bonds is 5. The minimum Gasteiger partial charge on any atom is -0.454 e. The Balaban J connectivity index is 1.74. The largest absolute Gasteiger partial charge is 0.454 e. The molecule has 118 valence electrons. The van der Waals surface area contributed by atoms with Crippen LogP contribution in [0, 0.1) is 16.0 Å². The second-order valence-corrected chi connectivity index (χ2v) is 5.01. The third-order valence-corrected chi connectivity index (χ3v) is 3.63. The monoisotopic (exact) mass is 308 g/mol. The van der Waals surface area contributed by atoms with Crippen molar-refractivity contribution in [2.24, 2.45) is 16.8 Å². The van der Waals surface area contributed by atoms with Crippen molar-refractivity contribution in [1.82, 2.24) is 5.32 Å². The number of nitro benzene ring substituents is 1. The van der Waals surface area contributed by atoms with E-state index in [4.69, 9.17) is 20.0 Å². The molecule has 9 heteroatoms. The summed E-state index contributed by atoms with van der Waals surface area (Å²) in [7, 11) is 0. The highest BCUT2D eigenvalue weighted by atomic mass is 16.7. The minimum absolute atomic E-state index is 0.0201. The van der Waals surface area contributed by atoms with Gasteiger partial charge in [0.05, 0.1) is 22.3 Å². The van der Waals surface area contributed by atoms with Crippen LogP contribution >= 0.6 is 0 Å². The highest BCUT2D eigenvalue weighted by molar-refractivity contribution is 5.90. The lowest BCUT2D eigenvalue weighted by Crippen LogP contribution is -2.22. The Bertz CT molecular complexity index is 619. The van der Waals surface area contributed by atoms with Gasteiger partial charge in [0.25, 0.3) is 5.69 Å².